The van der Waals surface area contributed by atoms with Gasteiger partial charge < -0.3 is 0 Å². The van der Waals surface area contributed by atoms with Crippen LogP contribution in [-0.2, 0) is 9.59 Å². The second-order valence-electron chi connectivity index (χ2n) is 4.67. The summed E-state index contributed by atoms with van der Waals surface area (Å²) in [6.07, 6.45) is 2.10. The Hall–Kier alpha value is -1.35. The summed E-state index contributed by atoms with van der Waals surface area (Å²) in [7, 11) is 0. The van der Waals surface area contributed by atoms with Crippen LogP contribution in [0, 0.1) is 5.92 Å². The van der Waals surface area contributed by atoms with Crippen molar-refractivity contribution in [2.45, 2.75) is 32.1 Å². The summed E-state index contributed by atoms with van der Waals surface area (Å²) in [6.45, 7) is 2.04. The predicted molar refractivity (Wildman–Crippen MR) is 70.4 cm³/mol. The molecular formula is C14H16ClNO2. The van der Waals surface area contributed by atoms with Gasteiger partial charge in [0.05, 0.1) is 0 Å². The van der Waals surface area contributed by atoms with Gasteiger partial charge in [0, 0.05) is 23.3 Å². The Morgan fingerprint density at radius 1 is 1.28 bits per heavy atom. The van der Waals surface area contributed by atoms with E-state index < -0.39 is 0 Å². The van der Waals surface area contributed by atoms with E-state index in [0.717, 1.165) is 18.4 Å². The minimum atomic E-state index is -0.188. The molecule has 96 valence electrons. The van der Waals surface area contributed by atoms with Gasteiger partial charge in [-0.05, 0) is 24.1 Å². The van der Waals surface area contributed by atoms with Crippen LogP contribution in [0.2, 0.25) is 5.02 Å². The van der Waals surface area contributed by atoms with Crippen molar-refractivity contribution in [1.29, 1.82) is 0 Å². The van der Waals surface area contributed by atoms with E-state index >= 15 is 0 Å². The number of amides is 2. The van der Waals surface area contributed by atoms with Crippen molar-refractivity contribution in [2.75, 3.05) is 0 Å². The van der Waals surface area contributed by atoms with E-state index in [0.29, 0.717) is 11.4 Å². The lowest BCUT2D eigenvalue weighted by Gasteiger charge is -2.30. The maximum absolute atomic E-state index is 11.9. The molecule has 2 atom stereocenters. The minimum Gasteiger partial charge on any atom is -0.296 e. The molecule has 3 nitrogen and oxygen atoms in total. The zero-order valence-corrected chi connectivity index (χ0v) is 11.0. The lowest BCUT2D eigenvalue weighted by atomic mass is 9.78. The van der Waals surface area contributed by atoms with Crippen molar-refractivity contribution < 1.29 is 9.59 Å². The van der Waals surface area contributed by atoms with Crippen LogP contribution >= 0.6 is 11.6 Å². The van der Waals surface area contributed by atoms with Gasteiger partial charge in [0.25, 0.3) is 0 Å². The minimum absolute atomic E-state index is 0.0246. The summed E-state index contributed by atoms with van der Waals surface area (Å²) in [5, 5.41) is 3.09. The largest absolute Gasteiger partial charge is 0.296 e. The zero-order valence-electron chi connectivity index (χ0n) is 10.3. The first-order valence-corrected chi connectivity index (χ1v) is 6.58. The molecule has 1 N–H and O–H groups in total. The van der Waals surface area contributed by atoms with Gasteiger partial charge in [-0.1, -0.05) is 37.1 Å². The van der Waals surface area contributed by atoms with Crippen LogP contribution in [0.1, 0.15) is 37.7 Å². The second-order valence-corrected chi connectivity index (χ2v) is 5.11. The highest BCUT2D eigenvalue weighted by atomic mass is 35.5. The van der Waals surface area contributed by atoms with E-state index in [9.17, 15) is 9.59 Å². The highest BCUT2D eigenvalue weighted by molar-refractivity contribution is 6.30. The summed E-state index contributed by atoms with van der Waals surface area (Å²) >= 11 is 5.86. The van der Waals surface area contributed by atoms with Crippen molar-refractivity contribution in [3.8, 4) is 0 Å². The third-order valence-corrected chi connectivity index (χ3v) is 3.64. The molecule has 0 bridgehead atoms. The van der Waals surface area contributed by atoms with Gasteiger partial charge in [-0.25, -0.2) is 0 Å². The molecule has 1 aliphatic heterocycles. The molecule has 1 fully saturated rings. The second kappa shape index (κ2) is 5.53. The molecule has 1 aliphatic rings. The standard InChI is InChI=1S/C14H16ClNO2/c1-2-3-11-12(8-13(17)16-14(11)18)9-4-6-10(15)7-5-9/h4-7,11-12H,2-3,8H2,1H3,(H,16,17,18). The Morgan fingerprint density at radius 3 is 2.56 bits per heavy atom. The summed E-state index contributed by atoms with van der Waals surface area (Å²) in [5.41, 5.74) is 1.01. The van der Waals surface area contributed by atoms with E-state index in [1.165, 1.54) is 0 Å². The van der Waals surface area contributed by atoms with Gasteiger partial charge in [0.1, 0.15) is 0 Å². The molecule has 1 heterocycles. The fourth-order valence-corrected chi connectivity index (χ4v) is 2.64. The van der Waals surface area contributed by atoms with Gasteiger partial charge in [-0.15, -0.1) is 0 Å². The van der Waals surface area contributed by atoms with Crippen LogP contribution in [-0.4, -0.2) is 11.8 Å². The van der Waals surface area contributed by atoms with E-state index in [-0.39, 0.29) is 23.7 Å². The number of imide groups is 1. The fraction of sp³-hybridized carbons (Fsp3) is 0.429. The first-order valence-electron chi connectivity index (χ1n) is 6.21. The maximum Gasteiger partial charge on any atom is 0.230 e. The number of hydrogen-bond acceptors (Lipinski definition) is 2. The highest BCUT2D eigenvalue weighted by Gasteiger charge is 2.35. The highest BCUT2D eigenvalue weighted by Crippen LogP contribution is 2.34. The number of rotatable bonds is 3. The van der Waals surface area contributed by atoms with E-state index in [1.807, 2.05) is 19.1 Å². The lowest BCUT2D eigenvalue weighted by Crippen LogP contribution is -2.44. The smallest absolute Gasteiger partial charge is 0.230 e. The first-order chi connectivity index (χ1) is 8.61. The number of piperidine rings is 1. The average Bonchev–Trinajstić information content (AvgIpc) is 2.33. The normalized spacial score (nSPS) is 23.9. The monoisotopic (exact) mass is 265 g/mol. The van der Waals surface area contributed by atoms with Gasteiger partial charge in [-0.3, -0.25) is 14.9 Å². The maximum atomic E-state index is 11.9. The number of nitrogens with one attached hydrogen (secondary N) is 1. The van der Waals surface area contributed by atoms with E-state index in [1.54, 1.807) is 12.1 Å². The van der Waals surface area contributed by atoms with Crippen molar-refractivity contribution >= 4 is 23.4 Å². The van der Waals surface area contributed by atoms with Crippen LogP contribution in [0.3, 0.4) is 0 Å². The van der Waals surface area contributed by atoms with Gasteiger partial charge in [-0.2, -0.15) is 0 Å². The SMILES string of the molecule is CCCC1C(=O)NC(=O)CC1c1ccc(Cl)cc1. The van der Waals surface area contributed by atoms with Crippen LogP contribution < -0.4 is 5.32 Å². The van der Waals surface area contributed by atoms with Gasteiger partial charge >= 0.3 is 0 Å². The molecule has 2 unspecified atom stereocenters. The van der Waals surface area contributed by atoms with E-state index in [4.69, 9.17) is 11.6 Å². The number of halogens is 1. The summed E-state index contributed by atoms with van der Waals surface area (Å²) in [4.78, 5) is 23.4. The third-order valence-electron chi connectivity index (χ3n) is 3.39. The Labute approximate surface area is 112 Å². The molecule has 0 saturated carbocycles. The fourth-order valence-electron chi connectivity index (χ4n) is 2.51. The third kappa shape index (κ3) is 2.72. The molecule has 2 rings (SSSR count). The molecule has 1 saturated heterocycles. The van der Waals surface area contributed by atoms with Gasteiger partial charge in [0.15, 0.2) is 0 Å². The summed E-state index contributed by atoms with van der Waals surface area (Å²) in [6, 6.07) is 7.41. The quantitative estimate of drug-likeness (QED) is 0.854. The molecule has 0 aromatic heterocycles. The Bertz CT molecular complexity index is 455. The topological polar surface area (TPSA) is 46.2 Å². The van der Waals surface area contributed by atoms with Crippen molar-refractivity contribution in [3.05, 3.63) is 34.9 Å². The molecular weight excluding hydrogens is 250 g/mol. The van der Waals surface area contributed by atoms with Crippen molar-refractivity contribution in [2.24, 2.45) is 5.92 Å². The lowest BCUT2D eigenvalue weighted by molar-refractivity contribution is -0.137. The number of hydrogen-bond donors (Lipinski definition) is 1. The molecule has 18 heavy (non-hydrogen) atoms. The first kappa shape index (κ1) is 13.1. The number of carbonyl (C=O) groups excluding carboxylic acids is 2. The summed E-state index contributed by atoms with van der Waals surface area (Å²) in [5.74, 6) is -0.474. The molecule has 1 aromatic carbocycles. The Morgan fingerprint density at radius 2 is 1.94 bits per heavy atom. The number of carbonyl (C=O) groups is 2. The van der Waals surface area contributed by atoms with Crippen molar-refractivity contribution in [3.63, 3.8) is 0 Å². The molecule has 2 amide bonds. The molecule has 0 spiro atoms. The average molecular weight is 266 g/mol. The van der Waals surface area contributed by atoms with Crippen molar-refractivity contribution in [1.82, 2.24) is 5.32 Å². The van der Waals surface area contributed by atoms with Crippen LogP contribution in [0.4, 0.5) is 0 Å². The Kier molecular flexibility index (Phi) is 4.02. The zero-order chi connectivity index (χ0) is 13.1. The molecule has 4 heteroatoms. The van der Waals surface area contributed by atoms with Crippen LogP contribution in [0.5, 0.6) is 0 Å². The van der Waals surface area contributed by atoms with Crippen LogP contribution in [0.25, 0.3) is 0 Å². The molecule has 0 radical (unpaired) electrons. The number of benzene rings is 1. The Balaban J connectivity index is 2.28. The van der Waals surface area contributed by atoms with Crippen LogP contribution in [0.15, 0.2) is 24.3 Å². The molecule has 1 aromatic rings. The summed E-state index contributed by atoms with van der Waals surface area (Å²) < 4.78 is 0. The van der Waals surface area contributed by atoms with E-state index in [2.05, 4.69) is 5.32 Å². The molecule has 0 aliphatic carbocycles. The predicted octanol–water partition coefficient (Wildman–Crippen LogP) is 2.89. The van der Waals surface area contributed by atoms with Gasteiger partial charge in [0.2, 0.25) is 11.8 Å².